The van der Waals surface area contributed by atoms with Gasteiger partial charge in [0.15, 0.2) is 0 Å². The molecule has 2 N–H and O–H groups in total. The van der Waals surface area contributed by atoms with Gasteiger partial charge in [-0.15, -0.1) is 0 Å². The molecule has 0 radical (unpaired) electrons. The number of hydrogen-bond donors (Lipinski definition) is 1. The van der Waals surface area contributed by atoms with Crippen molar-refractivity contribution in [3.05, 3.63) is 30.1 Å². The summed E-state index contributed by atoms with van der Waals surface area (Å²) in [6.45, 7) is 2.89. The predicted octanol–water partition coefficient (Wildman–Crippen LogP) is 1.83. The number of thioether (sulfide) groups is 1. The van der Waals surface area contributed by atoms with Gasteiger partial charge < -0.3 is 5.73 Å². The Bertz CT molecular complexity index is 213. The largest absolute Gasteiger partial charge is 0.330 e. The van der Waals surface area contributed by atoms with E-state index in [0.29, 0.717) is 5.25 Å². The third-order valence-electron chi connectivity index (χ3n) is 1.59. The summed E-state index contributed by atoms with van der Waals surface area (Å²) in [6.07, 6.45) is 1.83. The molecule has 0 fully saturated rings. The fraction of sp³-hybridized carbons (Fsp3) is 0.444. The third kappa shape index (κ3) is 2.83. The molecule has 0 aromatic carbocycles. The van der Waals surface area contributed by atoms with Gasteiger partial charge in [-0.1, -0.05) is 6.07 Å². The highest BCUT2D eigenvalue weighted by atomic mass is 32.2. The Kier molecular flexibility index (Phi) is 4.11. The second kappa shape index (κ2) is 5.17. The van der Waals surface area contributed by atoms with Crippen LogP contribution in [-0.4, -0.2) is 17.3 Å². The Morgan fingerprint density at radius 2 is 2.42 bits per heavy atom. The molecule has 0 spiro atoms. The Morgan fingerprint density at radius 3 is 3.00 bits per heavy atom. The smallest absolute Gasteiger partial charge is 0.0530 e. The molecule has 1 aromatic heterocycles. The van der Waals surface area contributed by atoms with Gasteiger partial charge in [-0.3, -0.25) is 4.98 Å². The van der Waals surface area contributed by atoms with Crippen LogP contribution in [0.3, 0.4) is 0 Å². The Morgan fingerprint density at radius 1 is 1.58 bits per heavy atom. The van der Waals surface area contributed by atoms with E-state index in [4.69, 9.17) is 5.73 Å². The molecule has 0 aliphatic rings. The summed E-state index contributed by atoms with van der Waals surface area (Å²) in [4.78, 5) is 4.27. The molecule has 1 rings (SSSR count). The first-order valence-electron chi connectivity index (χ1n) is 4.07. The van der Waals surface area contributed by atoms with Crippen LogP contribution in [0.2, 0.25) is 0 Å². The lowest BCUT2D eigenvalue weighted by atomic mass is 10.3. The summed E-state index contributed by atoms with van der Waals surface area (Å²) in [7, 11) is 0. The molecule has 1 atom stereocenters. The minimum atomic E-state index is 0.453. The van der Waals surface area contributed by atoms with Crippen LogP contribution in [0.25, 0.3) is 0 Å². The van der Waals surface area contributed by atoms with Crippen molar-refractivity contribution >= 4 is 11.8 Å². The summed E-state index contributed by atoms with van der Waals surface area (Å²) in [5.74, 6) is 0.998. The van der Waals surface area contributed by atoms with Crippen molar-refractivity contribution in [3.8, 4) is 0 Å². The zero-order valence-corrected chi connectivity index (χ0v) is 8.05. The van der Waals surface area contributed by atoms with Gasteiger partial charge in [0.05, 0.1) is 5.69 Å². The van der Waals surface area contributed by atoms with Gasteiger partial charge >= 0.3 is 0 Å². The molecule has 2 nitrogen and oxygen atoms in total. The lowest BCUT2D eigenvalue weighted by molar-refractivity contribution is 1.00. The van der Waals surface area contributed by atoms with Crippen LogP contribution in [0.4, 0.5) is 0 Å². The van der Waals surface area contributed by atoms with Crippen molar-refractivity contribution in [2.45, 2.75) is 12.2 Å². The molecule has 0 aliphatic heterocycles. The van der Waals surface area contributed by atoms with Crippen LogP contribution in [0.5, 0.6) is 0 Å². The van der Waals surface area contributed by atoms with Crippen LogP contribution in [0.1, 0.15) is 17.9 Å². The fourth-order valence-corrected chi connectivity index (χ4v) is 1.75. The van der Waals surface area contributed by atoms with Gasteiger partial charge in [0.2, 0.25) is 0 Å². The van der Waals surface area contributed by atoms with Crippen LogP contribution < -0.4 is 5.73 Å². The highest BCUT2D eigenvalue weighted by molar-refractivity contribution is 7.99. The zero-order valence-electron chi connectivity index (χ0n) is 7.23. The molecular weight excluding hydrogens is 168 g/mol. The van der Waals surface area contributed by atoms with Crippen molar-refractivity contribution in [2.24, 2.45) is 5.73 Å². The Balaban J connectivity index is 2.48. The first-order valence-corrected chi connectivity index (χ1v) is 5.12. The Labute approximate surface area is 77.6 Å². The molecule has 1 unspecified atom stereocenters. The molecule has 1 aromatic rings. The summed E-state index contributed by atoms with van der Waals surface area (Å²) in [5.41, 5.74) is 6.55. The van der Waals surface area contributed by atoms with E-state index in [1.54, 1.807) is 0 Å². The first-order chi connectivity index (χ1) is 5.84. The number of hydrogen-bond acceptors (Lipinski definition) is 3. The first kappa shape index (κ1) is 9.55. The highest BCUT2D eigenvalue weighted by Crippen LogP contribution is 2.25. The van der Waals surface area contributed by atoms with E-state index in [9.17, 15) is 0 Å². The molecule has 3 heteroatoms. The summed E-state index contributed by atoms with van der Waals surface area (Å²) in [5, 5.41) is 0.453. The van der Waals surface area contributed by atoms with E-state index in [-0.39, 0.29) is 0 Å². The van der Waals surface area contributed by atoms with Gasteiger partial charge in [0.1, 0.15) is 0 Å². The molecular formula is C9H14N2S. The molecule has 0 bridgehead atoms. The maximum absolute atomic E-state index is 5.41. The monoisotopic (exact) mass is 182 g/mol. The summed E-state index contributed by atoms with van der Waals surface area (Å²) in [6, 6.07) is 6.00. The number of rotatable bonds is 4. The fourth-order valence-electron chi connectivity index (χ4n) is 0.947. The van der Waals surface area contributed by atoms with Crippen molar-refractivity contribution in [1.82, 2.24) is 4.98 Å². The summed E-state index contributed by atoms with van der Waals surface area (Å²) < 4.78 is 0. The lowest BCUT2D eigenvalue weighted by Gasteiger charge is -2.08. The second-order valence-electron chi connectivity index (χ2n) is 2.56. The minimum Gasteiger partial charge on any atom is -0.330 e. The molecule has 66 valence electrons. The zero-order chi connectivity index (χ0) is 8.81. The van der Waals surface area contributed by atoms with E-state index in [1.165, 1.54) is 0 Å². The average molecular weight is 182 g/mol. The van der Waals surface area contributed by atoms with Crippen molar-refractivity contribution in [3.63, 3.8) is 0 Å². The van der Waals surface area contributed by atoms with Crippen molar-refractivity contribution < 1.29 is 0 Å². The van der Waals surface area contributed by atoms with Crippen molar-refractivity contribution in [2.75, 3.05) is 12.3 Å². The van der Waals surface area contributed by atoms with Crippen molar-refractivity contribution in [1.29, 1.82) is 0 Å². The normalized spacial score (nSPS) is 12.8. The molecule has 1 heterocycles. The van der Waals surface area contributed by atoms with Gasteiger partial charge in [-0.05, 0) is 19.1 Å². The number of aromatic nitrogens is 1. The lowest BCUT2D eigenvalue weighted by Crippen LogP contribution is -2.03. The topological polar surface area (TPSA) is 38.9 Å². The van der Waals surface area contributed by atoms with E-state index >= 15 is 0 Å². The number of nitrogens with two attached hydrogens (primary N) is 1. The van der Waals surface area contributed by atoms with Crippen LogP contribution in [0, 0.1) is 0 Å². The second-order valence-corrected chi connectivity index (χ2v) is 4.00. The molecule has 0 saturated carbocycles. The standard InChI is InChI=1S/C9H14N2S/c1-8(12-7-5-10)9-4-2-3-6-11-9/h2-4,6,8H,5,7,10H2,1H3. The SMILES string of the molecule is CC(SCCN)c1ccccn1. The third-order valence-corrected chi connectivity index (χ3v) is 2.80. The van der Waals surface area contributed by atoms with E-state index in [0.717, 1.165) is 18.0 Å². The average Bonchev–Trinajstić information content (AvgIpc) is 2.15. The van der Waals surface area contributed by atoms with Gasteiger partial charge in [-0.25, -0.2) is 0 Å². The number of pyridine rings is 1. The highest BCUT2D eigenvalue weighted by Gasteiger charge is 2.04. The maximum atomic E-state index is 5.41. The van der Waals surface area contributed by atoms with Crippen LogP contribution >= 0.6 is 11.8 Å². The van der Waals surface area contributed by atoms with E-state index in [1.807, 2.05) is 36.2 Å². The minimum absolute atomic E-state index is 0.453. The van der Waals surface area contributed by atoms with Crippen LogP contribution in [-0.2, 0) is 0 Å². The molecule has 0 saturated heterocycles. The quantitative estimate of drug-likeness (QED) is 0.772. The van der Waals surface area contributed by atoms with Crippen LogP contribution in [0.15, 0.2) is 24.4 Å². The molecule has 0 amide bonds. The number of nitrogens with zero attached hydrogens (tertiary/aromatic N) is 1. The van der Waals surface area contributed by atoms with Gasteiger partial charge in [0, 0.05) is 23.7 Å². The summed E-state index contributed by atoms with van der Waals surface area (Å²) >= 11 is 1.84. The predicted molar refractivity (Wildman–Crippen MR) is 54.2 cm³/mol. The molecule has 12 heavy (non-hydrogen) atoms. The van der Waals surface area contributed by atoms with Gasteiger partial charge in [0.25, 0.3) is 0 Å². The van der Waals surface area contributed by atoms with E-state index < -0.39 is 0 Å². The van der Waals surface area contributed by atoms with E-state index in [2.05, 4.69) is 11.9 Å². The molecule has 0 aliphatic carbocycles. The van der Waals surface area contributed by atoms with Gasteiger partial charge in [-0.2, -0.15) is 11.8 Å². The maximum Gasteiger partial charge on any atom is 0.0530 e. The Hall–Kier alpha value is -0.540.